The molecule has 1 saturated heterocycles. The van der Waals surface area contributed by atoms with Gasteiger partial charge in [-0.1, -0.05) is 20.8 Å². The van der Waals surface area contributed by atoms with Crippen LogP contribution >= 0.6 is 23.5 Å². The second-order valence-electron chi connectivity index (χ2n) is 5.65. The van der Waals surface area contributed by atoms with E-state index in [0.29, 0.717) is 22.6 Å². The third-order valence-electron chi connectivity index (χ3n) is 3.82. The zero-order valence-electron chi connectivity index (χ0n) is 13.2. The topological polar surface area (TPSA) is 66.5 Å². The van der Waals surface area contributed by atoms with E-state index in [9.17, 15) is 14.4 Å². The molecule has 2 fully saturated rings. The minimum atomic E-state index is -0.583. The van der Waals surface area contributed by atoms with Crippen LogP contribution in [0.2, 0.25) is 0 Å². The van der Waals surface area contributed by atoms with Crippen molar-refractivity contribution in [2.75, 3.05) is 18.1 Å². The van der Waals surface area contributed by atoms with Crippen molar-refractivity contribution < 1.29 is 14.4 Å². The number of amides is 4. The molecule has 122 valence electrons. The fourth-order valence-corrected chi connectivity index (χ4v) is 5.04. The first-order valence-electron chi connectivity index (χ1n) is 7.64. The second kappa shape index (κ2) is 7.55. The number of carbonyl (C=O) groups is 3. The van der Waals surface area contributed by atoms with Gasteiger partial charge in [-0.25, -0.2) is 4.79 Å². The summed E-state index contributed by atoms with van der Waals surface area (Å²) in [6.45, 7) is 6.53. The van der Waals surface area contributed by atoms with Gasteiger partial charge in [0.05, 0.1) is 4.24 Å². The van der Waals surface area contributed by atoms with Crippen LogP contribution in [0.3, 0.4) is 0 Å². The summed E-state index contributed by atoms with van der Waals surface area (Å²) in [5.41, 5.74) is 0.130. The van der Waals surface area contributed by atoms with Gasteiger partial charge >= 0.3 is 6.03 Å². The fourth-order valence-electron chi connectivity index (χ4n) is 2.82. The van der Waals surface area contributed by atoms with Crippen LogP contribution in [0, 0.1) is 11.8 Å². The van der Waals surface area contributed by atoms with Crippen LogP contribution in [-0.2, 0) is 9.59 Å². The Hall–Kier alpha value is -0.950. The lowest BCUT2D eigenvalue weighted by Gasteiger charge is -2.37. The summed E-state index contributed by atoms with van der Waals surface area (Å²) in [7, 11) is 0. The van der Waals surface area contributed by atoms with Gasteiger partial charge < -0.3 is 0 Å². The van der Waals surface area contributed by atoms with Gasteiger partial charge in [0.1, 0.15) is 5.57 Å². The Bertz CT molecular complexity index is 505. The number of hydrogen-bond donors (Lipinski definition) is 1. The lowest BCUT2D eigenvalue weighted by molar-refractivity contribution is -0.131. The van der Waals surface area contributed by atoms with Crippen LogP contribution in [0.25, 0.3) is 0 Å². The third-order valence-corrected chi connectivity index (χ3v) is 6.04. The molecule has 2 aliphatic rings. The molecule has 4 amide bonds. The van der Waals surface area contributed by atoms with Crippen LogP contribution in [0.4, 0.5) is 4.79 Å². The first-order valence-corrected chi connectivity index (χ1v) is 9.62. The molecule has 0 aromatic heterocycles. The van der Waals surface area contributed by atoms with Crippen LogP contribution in [0.15, 0.2) is 9.81 Å². The summed E-state index contributed by atoms with van der Waals surface area (Å²) in [5.74, 6) is 1.57. The summed E-state index contributed by atoms with van der Waals surface area (Å²) >= 11 is 2.96. The molecule has 0 aromatic rings. The maximum Gasteiger partial charge on any atom is 0.331 e. The van der Waals surface area contributed by atoms with E-state index in [1.54, 1.807) is 0 Å². The van der Waals surface area contributed by atoms with Crippen LogP contribution in [-0.4, -0.2) is 40.8 Å². The SMILES string of the molecule is CCSC(SCC)=C1C(=O)NC(=O)N(CC2CC(C)C2)C1=O. The summed E-state index contributed by atoms with van der Waals surface area (Å²) < 4.78 is 0.715. The van der Waals surface area contributed by atoms with Gasteiger partial charge in [-0.15, -0.1) is 23.5 Å². The van der Waals surface area contributed by atoms with E-state index < -0.39 is 17.8 Å². The van der Waals surface area contributed by atoms with E-state index in [2.05, 4.69) is 12.2 Å². The lowest BCUT2D eigenvalue weighted by Crippen LogP contribution is -2.56. The van der Waals surface area contributed by atoms with Crippen molar-refractivity contribution in [2.24, 2.45) is 11.8 Å². The lowest BCUT2D eigenvalue weighted by atomic mass is 9.76. The number of thioether (sulfide) groups is 2. The number of nitrogens with one attached hydrogen (secondary N) is 1. The molecule has 7 heteroatoms. The average molecular weight is 342 g/mol. The third kappa shape index (κ3) is 3.68. The Kier molecular flexibility index (Phi) is 5.97. The normalized spacial score (nSPS) is 25.1. The van der Waals surface area contributed by atoms with E-state index in [4.69, 9.17) is 0 Å². The summed E-state index contributed by atoms with van der Waals surface area (Å²) in [5, 5.41) is 2.31. The highest BCUT2D eigenvalue weighted by atomic mass is 32.2. The maximum atomic E-state index is 12.7. The minimum absolute atomic E-state index is 0.130. The molecule has 0 bridgehead atoms. The molecule has 2 rings (SSSR count). The van der Waals surface area contributed by atoms with Crippen LogP contribution in [0.1, 0.15) is 33.6 Å². The Morgan fingerprint density at radius 3 is 2.27 bits per heavy atom. The van der Waals surface area contributed by atoms with Crippen LogP contribution < -0.4 is 5.32 Å². The van der Waals surface area contributed by atoms with Gasteiger partial charge in [0, 0.05) is 6.54 Å². The van der Waals surface area contributed by atoms with Gasteiger partial charge in [0.15, 0.2) is 0 Å². The van der Waals surface area contributed by atoms with Crippen molar-refractivity contribution in [1.29, 1.82) is 0 Å². The molecule has 0 spiro atoms. The molecular weight excluding hydrogens is 320 g/mol. The van der Waals surface area contributed by atoms with Crippen molar-refractivity contribution >= 4 is 41.4 Å². The standard InChI is InChI=1S/C15H22N2O3S2/c1-4-21-14(22-5-2)11-12(18)16-15(20)17(13(11)19)8-10-6-9(3)7-10/h9-10H,4-8H2,1-3H3,(H,16,18,20). The second-order valence-corrected chi connectivity index (χ2v) is 8.45. The first-order chi connectivity index (χ1) is 10.5. The van der Waals surface area contributed by atoms with Gasteiger partial charge in [-0.2, -0.15) is 0 Å². The van der Waals surface area contributed by atoms with E-state index >= 15 is 0 Å². The fraction of sp³-hybridized carbons (Fsp3) is 0.667. The van der Waals surface area contributed by atoms with E-state index in [0.717, 1.165) is 24.3 Å². The molecule has 0 aromatic carbocycles. The smallest absolute Gasteiger partial charge is 0.273 e. The average Bonchev–Trinajstić information content (AvgIpc) is 2.41. The van der Waals surface area contributed by atoms with Crippen LogP contribution in [0.5, 0.6) is 0 Å². The Labute approximate surface area is 139 Å². The van der Waals surface area contributed by atoms with Gasteiger partial charge in [-0.05, 0) is 36.2 Å². The van der Waals surface area contributed by atoms with Crippen molar-refractivity contribution in [3.63, 3.8) is 0 Å². The molecule has 0 radical (unpaired) electrons. The Morgan fingerprint density at radius 2 is 1.77 bits per heavy atom. The van der Waals surface area contributed by atoms with E-state index in [1.807, 2.05) is 13.8 Å². The molecule has 0 unspecified atom stereocenters. The maximum absolute atomic E-state index is 12.7. The summed E-state index contributed by atoms with van der Waals surface area (Å²) in [6.07, 6.45) is 2.06. The molecule has 1 heterocycles. The number of hydrogen-bond acceptors (Lipinski definition) is 5. The van der Waals surface area contributed by atoms with E-state index in [1.165, 1.54) is 28.4 Å². The van der Waals surface area contributed by atoms with Crippen molar-refractivity contribution in [2.45, 2.75) is 33.6 Å². The van der Waals surface area contributed by atoms with Crippen molar-refractivity contribution in [1.82, 2.24) is 10.2 Å². The molecule has 1 aliphatic heterocycles. The summed E-state index contributed by atoms with van der Waals surface area (Å²) in [4.78, 5) is 38.0. The van der Waals surface area contributed by atoms with Gasteiger partial charge in [-0.3, -0.25) is 19.8 Å². The Balaban J connectivity index is 2.22. The molecule has 22 heavy (non-hydrogen) atoms. The number of barbiturate groups is 1. The van der Waals surface area contributed by atoms with Crippen molar-refractivity contribution in [3.8, 4) is 0 Å². The largest absolute Gasteiger partial charge is 0.331 e. The molecule has 5 nitrogen and oxygen atoms in total. The molecule has 1 aliphatic carbocycles. The molecule has 0 atom stereocenters. The highest BCUT2D eigenvalue weighted by molar-refractivity contribution is 8.22. The molecule has 1 saturated carbocycles. The summed E-state index contributed by atoms with van der Waals surface area (Å²) in [6, 6.07) is -0.583. The first kappa shape index (κ1) is 17.4. The van der Waals surface area contributed by atoms with Crippen molar-refractivity contribution in [3.05, 3.63) is 9.81 Å². The number of urea groups is 1. The monoisotopic (exact) mass is 342 g/mol. The molecule has 1 N–H and O–H groups in total. The predicted octanol–water partition coefficient (Wildman–Crippen LogP) is 2.83. The minimum Gasteiger partial charge on any atom is -0.273 e. The molecular formula is C15H22N2O3S2. The van der Waals surface area contributed by atoms with Gasteiger partial charge in [0.25, 0.3) is 11.8 Å². The van der Waals surface area contributed by atoms with E-state index in [-0.39, 0.29) is 5.57 Å². The van der Waals surface area contributed by atoms with Gasteiger partial charge in [0.2, 0.25) is 0 Å². The zero-order valence-corrected chi connectivity index (χ0v) is 14.8. The quantitative estimate of drug-likeness (QED) is 0.594. The Morgan fingerprint density at radius 1 is 1.18 bits per heavy atom. The number of nitrogens with zero attached hydrogens (tertiary/aromatic N) is 1. The number of rotatable bonds is 6. The number of imide groups is 2. The highest BCUT2D eigenvalue weighted by Gasteiger charge is 2.40. The highest BCUT2D eigenvalue weighted by Crippen LogP contribution is 2.36. The zero-order chi connectivity index (χ0) is 16.3. The predicted molar refractivity (Wildman–Crippen MR) is 90.4 cm³/mol. The number of carbonyl (C=O) groups excluding carboxylic acids is 3.